The van der Waals surface area contributed by atoms with Crippen LogP contribution in [-0.4, -0.2) is 71.0 Å². The van der Waals surface area contributed by atoms with E-state index in [1.54, 1.807) is 22.3 Å². The van der Waals surface area contributed by atoms with Crippen molar-refractivity contribution in [2.24, 2.45) is 5.92 Å². The second kappa shape index (κ2) is 10.6. The van der Waals surface area contributed by atoms with E-state index in [1.165, 1.54) is 6.20 Å². The van der Waals surface area contributed by atoms with Crippen LogP contribution in [0.2, 0.25) is 0 Å². The summed E-state index contributed by atoms with van der Waals surface area (Å²) < 4.78 is 6.64. The number of nitrogen functional groups attached to an aromatic ring is 1. The summed E-state index contributed by atoms with van der Waals surface area (Å²) in [6.07, 6.45) is 4.81. The van der Waals surface area contributed by atoms with Crippen molar-refractivity contribution in [2.75, 3.05) is 44.9 Å². The number of carbonyl (C=O) groups is 2. The Kier molecular flexibility index (Phi) is 7.39. The van der Waals surface area contributed by atoms with Crippen molar-refractivity contribution in [2.45, 2.75) is 51.1 Å². The molecule has 9 nitrogen and oxygen atoms in total. The number of ether oxygens (including phenoxy) is 1. The van der Waals surface area contributed by atoms with E-state index in [1.807, 2.05) is 6.92 Å². The highest BCUT2D eigenvalue weighted by Crippen LogP contribution is 2.37. The van der Waals surface area contributed by atoms with E-state index in [0.29, 0.717) is 43.6 Å². The van der Waals surface area contributed by atoms with Crippen LogP contribution in [0.5, 0.6) is 0 Å². The SMILES string of the molecule is CCc1cc(NC(=O)C(=O)N2C[C@@H](C)CC[C@@H]2c2ccc3sc(CC4(N(C)C)COC4)nc3c2)cnc1N. The van der Waals surface area contributed by atoms with E-state index >= 15 is 0 Å². The maximum Gasteiger partial charge on any atom is 0.313 e. The first-order chi connectivity index (χ1) is 18.2. The fourth-order valence-corrected chi connectivity index (χ4v) is 6.41. The number of amides is 2. The maximum absolute atomic E-state index is 13.4. The number of aromatic nitrogens is 2. The summed E-state index contributed by atoms with van der Waals surface area (Å²) in [6, 6.07) is 7.86. The molecule has 0 unspecified atom stereocenters. The lowest BCUT2D eigenvalue weighted by molar-refractivity contribution is -0.146. The Bertz CT molecular complexity index is 1350. The number of pyridine rings is 1. The van der Waals surface area contributed by atoms with Gasteiger partial charge in [0.25, 0.3) is 0 Å². The second-order valence-corrected chi connectivity index (χ2v) is 12.0. The number of piperidine rings is 1. The zero-order valence-corrected chi connectivity index (χ0v) is 23.3. The molecule has 4 heterocycles. The van der Waals surface area contributed by atoms with Gasteiger partial charge in [-0.3, -0.25) is 14.5 Å². The number of benzene rings is 1. The summed E-state index contributed by atoms with van der Waals surface area (Å²) in [4.78, 5) is 39.5. The van der Waals surface area contributed by atoms with Crippen molar-refractivity contribution < 1.29 is 14.3 Å². The van der Waals surface area contributed by atoms with Crippen molar-refractivity contribution in [3.8, 4) is 0 Å². The molecule has 10 heteroatoms. The summed E-state index contributed by atoms with van der Waals surface area (Å²) in [7, 11) is 4.18. The molecular formula is C28H36N6O3S. The van der Waals surface area contributed by atoms with Gasteiger partial charge in [0.05, 0.1) is 51.9 Å². The first-order valence-electron chi connectivity index (χ1n) is 13.2. The summed E-state index contributed by atoms with van der Waals surface area (Å²) in [5.41, 5.74) is 9.15. The van der Waals surface area contributed by atoms with E-state index in [0.717, 1.165) is 45.6 Å². The Morgan fingerprint density at radius 1 is 1.26 bits per heavy atom. The van der Waals surface area contributed by atoms with Crippen LogP contribution in [-0.2, 0) is 27.2 Å². The van der Waals surface area contributed by atoms with Gasteiger partial charge in [0.2, 0.25) is 0 Å². The molecule has 2 fully saturated rings. The average Bonchev–Trinajstić information content (AvgIpc) is 3.28. The molecule has 5 rings (SSSR count). The van der Waals surface area contributed by atoms with E-state index in [-0.39, 0.29) is 11.6 Å². The largest absolute Gasteiger partial charge is 0.383 e. The predicted molar refractivity (Wildman–Crippen MR) is 150 cm³/mol. The number of anilines is 2. The molecule has 2 aliphatic rings. The van der Waals surface area contributed by atoms with Crippen molar-refractivity contribution in [3.63, 3.8) is 0 Å². The number of hydrogen-bond donors (Lipinski definition) is 2. The monoisotopic (exact) mass is 536 g/mol. The number of likely N-dealkylation sites (tertiary alicyclic amines) is 1. The van der Waals surface area contributed by atoms with E-state index in [2.05, 4.69) is 54.4 Å². The van der Waals surface area contributed by atoms with Gasteiger partial charge in [-0.2, -0.15) is 0 Å². The van der Waals surface area contributed by atoms with Crippen molar-refractivity contribution >= 4 is 44.9 Å². The van der Waals surface area contributed by atoms with Crippen LogP contribution >= 0.6 is 11.3 Å². The number of nitrogens with zero attached hydrogens (tertiary/aromatic N) is 4. The standard InChI is InChI=1S/C28H36N6O3S/c1-5-18-10-20(13-30-25(18)29)31-26(35)27(36)34-14-17(2)6-8-22(34)19-7-9-23-21(11-19)32-24(38-23)12-28(33(3)4)15-37-16-28/h7,9-11,13,17,22H,5-6,8,12,14-16H2,1-4H3,(H2,29,30)(H,31,35)/t17-,22+/m0/s1. The van der Waals surface area contributed by atoms with Crippen LogP contribution in [0.3, 0.4) is 0 Å². The van der Waals surface area contributed by atoms with Crippen LogP contribution in [0, 0.1) is 5.92 Å². The Balaban J connectivity index is 1.36. The minimum Gasteiger partial charge on any atom is -0.383 e. The molecular weight excluding hydrogens is 500 g/mol. The van der Waals surface area contributed by atoms with Crippen molar-refractivity contribution in [1.29, 1.82) is 0 Å². The normalized spacial score (nSPS) is 20.9. The van der Waals surface area contributed by atoms with Gasteiger partial charge in [0, 0.05) is 13.0 Å². The lowest BCUT2D eigenvalue weighted by Crippen LogP contribution is -2.61. The summed E-state index contributed by atoms with van der Waals surface area (Å²) >= 11 is 1.71. The Hall–Kier alpha value is -3.08. The van der Waals surface area contributed by atoms with Crippen molar-refractivity contribution in [1.82, 2.24) is 19.8 Å². The topological polar surface area (TPSA) is 114 Å². The van der Waals surface area contributed by atoms with Crippen LogP contribution in [0.15, 0.2) is 30.5 Å². The zero-order valence-electron chi connectivity index (χ0n) is 22.5. The molecule has 2 aromatic heterocycles. The van der Waals surface area contributed by atoms with Gasteiger partial charge in [-0.15, -0.1) is 11.3 Å². The molecule has 202 valence electrons. The zero-order chi connectivity index (χ0) is 27.0. The summed E-state index contributed by atoms with van der Waals surface area (Å²) in [5.74, 6) is -0.450. The smallest absolute Gasteiger partial charge is 0.313 e. The first kappa shape index (κ1) is 26.5. The van der Waals surface area contributed by atoms with E-state index in [9.17, 15) is 9.59 Å². The predicted octanol–water partition coefficient (Wildman–Crippen LogP) is 3.65. The molecule has 2 saturated heterocycles. The fourth-order valence-electron chi connectivity index (χ4n) is 5.32. The van der Waals surface area contributed by atoms with E-state index < -0.39 is 11.8 Å². The summed E-state index contributed by atoms with van der Waals surface area (Å²) in [6.45, 7) is 6.04. The molecule has 1 aromatic carbocycles. The molecule has 3 N–H and O–H groups in total. The van der Waals surface area contributed by atoms with Gasteiger partial charge >= 0.3 is 11.8 Å². The van der Waals surface area contributed by atoms with Crippen molar-refractivity contribution in [3.05, 3.63) is 46.6 Å². The highest BCUT2D eigenvalue weighted by Gasteiger charge is 2.41. The molecule has 2 atom stereocenters. The fraction of sp³-hybridized carbons (Fsp3) is 0.500. The number of carbonyl (C=O) groups excluding carboxylic acids is 2. The third kappa shape index (κ3) is 5.12. The molecule has 0 spiro atoms. The van der Waals surface area contributed by atoms with E-state index in [4.69, 9.17) is 15.5 Å². The number of nitrogens with one attached hydrogen (secondary N) is 1. The number of aryl methyl sites for hydroxylation is 1. The third-order valence-corrected chi connectivity index (χ3v) is 8.96. The van der Waals surface area contributed by atoms with Gasteiger partial charge in [-0.25, -0.2) is 9.97 Å². The van der Waals surface area contributed by atoms with Gasteiger partial charge in [0.1, 0.15) is 5.82 Å². The quantitative estimate of drug-likeness (QED) is 0.462. The molecule has 3 aromatic rings. The highest BCUT2D eigenvalue weighted by atomic mass is 32.1. The van der Waals surface area contributed by atoms with Crippen LogP contribution in [0.1, 0.15) is 48.9 Å². The Labute approximate surface area is 227 Å². The van der Waals surface area contributed by atoms with Crippen LogP contribution in [0.25, 0.3) is 10.2 Å². The van der Waals surface area contributed by atoms with Crippen LogP contribution in [0.4, 0.5) is 11.5 Å². The number of likely N-dealkylation sites (N-methyl/N-ethyl adjacent to an activating group) is 1. The number of fused-ring (bicyclic) bond motifs is 1. The number of thiazole rings is 1. The number of rotatable bonds is 6. The highest BCUT2D eigenvalue weighted by molar-refractivity contribution is 7.18. The van der Waals surface area contributed by atoms with Gasteiger partial charge in [-0.05, 0) is 68.6 Å². The number of hydrogen-bond acceptors (Lipinski definition) is 8. The molecule has 0 radical (unpaired) electrons. The summed E-state index contributed by atoms with van der Waals surface area (Å²) in [5, 5.41) is 3.81. The molecule has 0 saturated carbocycles. The van der Waals surface area contributed by atoms with Gasteiger partial charge in [0.15, 0.2) is 0 Å². The van der Waals surface area contributed by atoms with Gasteiger partial charge in [-0.1, -0.05) is 19.9 Å². The Morgan fingerprint density at radius 3 is 2.74 bits per heavy atom. The minimum atomic E-state index is -0.661. The number of nitrogens with two attached hydrogens (primary N) is 1. The minimum absolute atomic E-state index is 0.00464. The first-order valence-corrected chi connectivity index (χ1v) is 14.0. The third-order valence-electron chi connectivity index (χ3n) is 7.92. The van der Waals surface area contributed by atoms with Crippen LogP contribution < -0.4 is 11.1 Å². The lowest BCUT2D eigenvalue weighted by atomic mass is 9.89. The lowest BCUT2D eigenvalue weighted by Gasteiger charge is -2.46. The average molecular weight is 537 g/mol. The second-order valence-electron chi connectivity index (χ2n) is 10.9. The molecule has 0 aliphatic carbocycles. The molecule has 38 heavy (non-hydrogen) atoms. The maximum atomic E-state index is 13.4. The molecule has 0 bridgehead atoms. The molecule has 2 amide bonds. The Morgan fingerprint density at radius 2 is 2.05 bits per heavy atom. The van der Waals surface area contributed by atoms with Gasteiger partial charge < -0.3 is 20.7 Å². The molecule has 2 aliphatic heterocycles.